The number of hydrogen-bond acceptors (Lipinski definition) is 6. The highest BCUT2D eigenvalue weighted by molar-refractivity contribution is 7.88. The lowest BCUT2D eigenvalue weighted by Crippen LogP contribution is -2.53. The number of carbonyl (C=O) groups excluding carboxylic acids is 1. The molecule has 7 nitrogen and oxygen atoms in total. The minimum atomic E-state index is -3.36. The summed E-state index contributed by atoms with van der Waals surface area (Å²) in [6.07, 6.45) is 1.71. The third kappa shape index (κ3) is 5.71. The molecule has 2 aliphatic rings. The molecule has 2 fully saturated rings. The van der Waals surface area contributed by atoms with Crippen molar-refractivity contribution in [2.75, 3.05) is 39.3 Å². The molecule has 2 saturated heterocycles. The smallest absolute Gasteiger partial charge is 0.225 e. The molecule has 1 aromatic carbocycles. The summed E-state index contributed by atoms with van der Waals surface area (Å²) in [7, 11) is -3.36. The number of carbonyl (C=O) groups is 1. The Kier molecular flexibility index (Phi) is 7.05. The van der Waals surface area contributed by atoms with E-state index in [4.69, 9.17) is 0 Å². The largest absolute Gasteiger partial charge is 0.340 e. The Morgan fingerprint density at radius 1 is 1.06 bits per heavy atom. The molecule has 0 aliphatic carbocycles. The highest BCUT2D eigenvalue weighted by atomic mass is 32.2. The van der Waals surface area contributed by atoms with Crippen molar-refractivity contribution in [2.24, 2.45) is 5.92 Å². The number of piperazine rings is 1. The average Bonchev–Trinajstić information content (AvgIpc) is 3.19. The van der Waals surface area contributed by atoms with Gasteiger partial charge in [-0.15, -0.1) is 11.3 Å². The lowest BCUT2D eigenvalue weighted by atomic mass is 9.95. The molecule has 1 amide bonds. The van der Waals surface area contributed by atoms with Crippen molar-refractivity contribution in [3.05, 3.63) is 52.0 Å². The van der Waals surface area contributed by atoms with E-state index in [-0.39, 0.29) is 17.6 Å². The van der Waals surface area contributed by atoms with Crippen molar-refractivity contribution in [3.63, 3.8) is 0 Å². The summed E-state index contributed by atoms with van der Waals surface area (Å²) in [6, 6.07) is 9.25. The highest BCUT2D eigenvalue weighted by Crippen LogP contribution is 2.23. The minimum absolute atomic E-state index is 0.0127. The van der Waals surface area contributed by atoms with Crippen LogP contribution in [0.1, 0.15) is 29.1 Å². The predicted molar refractivity (Wildman–Crippen MR) is 122 cm³/mol. The first kappa shape index (κ1) is 22.4. The minimum Gasteiger partial charge on any atom is -0.340 e. The molecule has 1 aromatic heterocycles. The molecule has 0 saturated carbocycles. The van der Waals surface area contributed by atoms with Gasteiger partial charge in [-0.2, -0.15) is 4.31 Å². The van der Waals surface area contributed by atoms with Crippen molar-refractivity contribution < 1.29 is 13.2 Å². The Morgan fingerprint density at radius 2 is 1.74 bits per heavy atom. The molecular weight excluding hydrogens is 432 g/mol. The molecule has 3 heterocycles. The number of thiazole rings is 1. The van der Waals surface area contributed by atoms with E-state index in [1.165, 1.54) is 4.31 Å². The Morgan fingerprint density at radius 3 is 2.35 bits per heavy atom. The van der Waals surface area contributed by atoms with Gasteiger partial charge >= 0.3 is 0 Å². The second-order valence-electron chi connectivity index (χ2n) is 8.37. The van der Waals surface area contributed by atoms with Crippen molar-refractivity contribution in [3.8, 4) is 0 Å². The van der Waals surface area contributed by atoms with Crippen molar-refractivity contribution in [1.82, 2.24) is 19.1 Å². The molecule has 2 aliphatic heterocycles. The molecule has 4 rings (SSSR count). The fourth-order valence-electron chi connectivity index (χ4n) is 4.37. The number of benzene rings is 1. The Hall–Kier alpha value is -1.81. The number of rotatable bonds is 6. The van der Waals surface area contributed by atoms with E-state index in [1.807, 2.05) is 42.2 Å². The number of aryl methyl sites for hydroxylation is 1. The summed E-state index contributed by atoms with van der Waals surface area (Å²) >= 11 is 1.67. The summed E-state index contributed by atoms with van der Waals surface area (Å²) in [5, 5.41) is 3.20. The molecule has 31 heavy (non-hydrogen) atoms. The summed E-state index contributed by atoms with van der Waals surface area (Å²) in [5.41, 5.74) is 1.90. The van der Waals surface area contributed by atoms with E-state index < -0.39 is 10.0 Å². The zero-order valence-electron chi connectivity index (χ0n) is 17.9. The molecule has 0 bridgehead atoms. The van der Waals surface area contributed by atoms with E-state index in [9.17, 15) is 13.2 Å². The molecule has 0 spiro atoms. The Labute approximate surface area is 188 Å². The van der Waals surface area contributed by atoms with Crippen LogP contribution in [0.5, 0.6) is 0 Å². The summed E-state index contributed by atoms with van der Waals surface area (Å²) in [6.45, 7) is 6.38. The van der Waals surface area contributed by atoms with Crippen LogP contribution in [0.25, 0.3) is 0 Å². The summed E-state index contributed by atoms with van der Waals surface area (Å²) in [4.78, 5) is 21.8. The van der Waals surface area contributed by atoms with Gasteiger partial charge in [0.15, 0.2) is 0 Å². The average molecular weight is 463 g/mol. The lowest BCUT2D eigenvalue weighted by Gasteiger charge is -2.38. The van der Waals surface area contributed by atoms with Gasteiger partial charge in [0.25, 0.3) is 0 Å². The number of aromatic nitrogens is 1. The fraction of sp³-hybridized carbons (Fsp3) is 0.545. The maximum absolute atomic E-state index is 13.0. The van der Waals surface area contributed by atoms with Gasteiger partial charge in [-0.3, -0.25) is 9.69 Å². The molecule has 0 atom stereocenters. The second kappa shape index (κ2) is 9.77. The van der Waals surface area contributed by atoms with E-state index in [1.54, 1.807) is 11.3 Å². The molecule has 0 radical (unpaired) electrons. The van der Waals surface area contributed by atoms with Crippen LogP contribution in [0.3, 0.4) is 0 Å². The maximum Gasteiger partial charge on any atom is 0.225 e. The highest BCUT2D eigenvalue weighted by Gasteiger charge is 2.33. The Bertz CT molecular complexity index is 977. The zero-order valence-corrected chi connectivity index (χ0v) is 19.6. The van der Waals surface area contributed by atoms with Crippen molar-refractivity contribution >= 4 is 27.3 Å². The van der Waals surface area contributed by atoms with Crippen LogP contribution < -0.4 is 0 Å². The van der Waals surface area contributed by atoms with Gasteiger partial charge in [0.2, 0.25) is 15.9 Å². The Balaban J connectivity index is 1.24. The van der Waals surface area contributed by atoms with Gasteiger partial charge < -0.3 is 4.90 Å². The predicted octanol–water partition coefficient (Wildman–Crippen LogP) is 2.34. The molecule has 0 N–H and O–H groups in total. The molecule has 2 aromatic rings. The third-order valence-corrected chi connectivity index (χ3v) is 8.80. The van der Waals surface area contributed by atoms with Crippen LogP contribution in [0.4, 0.5) is 0 Å². The van der Waals surface area contributed by atoms with Crippen LogP contribution in [-0.2, 0) is 27.1 Å². The van der Waals surface area contributed by atoms with Gasteiger partial charge in [0.05, 0.1) is 16.5 Å². The van der Waals surface area contributed by atoms with Crippen LogP contribution in [0.15, 0.2) is 35.7 Å². The number of hydrogen-bond donors (Lipinski definition) is 0. The molecule has 168 valence electrons. The van der Waals surface area contributed by atoms with Crippen LogP contribution in [0, 0.1) is 12.8 Å². The van der Waals surface area contributed by atoms with E-state index in [2.05, 4.69) is 15.3 Å². The van der Waals surface area contributed by atoms with Crippen molar-refractivity contribution in [2.45, 2.75) is 32.1 Å². The van der Waals surface area contributed by atoms with Crippen LogP contribution >= 0.6 is 11.3 Å². The molecular formula is C22H30N4O3S2. The van der Waals surface area contributed by atoms with Gasteiger partial charge in [0.1, 0.15) is 0 Å². The molecule has 0 unspecified atom stereocenters. The first-order valence-corrected chi connectivity index (χ1v) is 13.3. The number of amides is 1. The normalized spacial score (nSPS) is 19.6. The van der Waals surface area contributed by atoms with E-state index >= 15 is 0 Å². The maximum atomic E-state index is 13.0. The topological polar surface area (TPSA) is 73.8 Å². The van der Waals surface area contributed by atoms with Gasteiger partial charge in [0, 0.05) is 44.0 Å². The van der Waals surface area contributed by atoms with E-state index in [0.717, 1.165) is 48.7 Å². The fourth-order valence-corrected chi connectivity index (χ4v) is 6.49. The number of nitrogens with zero attached hydrogens (tertiary/aromatic N) is 4. The third-order valence-electron chi connectivity index (χ3n) is 6.12. The number of piperidine rings is 1. The first-order valence-electron chi connectivity index (χ1n) is 10.8. The quantitative estimate of drug-likeness (QED) is 0.659. The second-order valence-corrected chi connectivity index (χ2v) is 11.4. The van der Waals surface area contributed by atoms with Gasteiger partial charge in [-0.25, -0.2) is 13.4 Å². The first-order chi connectivity index (χ1) is 14.9. The SMILES string of the molecule is Cc1nc(CN2CCC(C(=O)N3CCN(S(=O)(=O)Cc4ccccc4)CC3)CC2)cs1. The number of sulfonamides is 1. The van der Waals surface area contributed by atoms with E-state index in [0.29, 0.717) is 26.2 Å². The van der Waals surface area contributed by atoms with Crippen molar-refractivity contribution in [1.29, 1.82) is 0 Å². The standard InChI is InChI=1S/C22H30N4O3S2/c1-18-23-21(16-30-18)15-24-9-7-20(8-10-24)22(27)25-11-13-26(14-12-25)31(28,29)17-19-5-3-2-4-6-19/h2-6,16,20H,7-15,17H2,1H3. The zero-order chi connectivity index (χ0) is 21.8. The summed E-state index contributed by atoms with van der Waals surface area (Å²) < 4.78 is 27.0. The summed E-state index contributed by atoms with van der Waals surface area (Å²) in [5.74, 6) is 0.240. The van der Waals surface area contributed by atoms with Gasteiger partial charge in [-0.05, 0) is 38.4 Å². The molecule has 9 heteroatoms. The lowest BCUT2D eigenvalue weighted by molar-refractivity contribution is -0.138. The van der Waals surface area contributed by atoms with Gasteiger partial charge in [-0.1, -0.05) is 30.3 Å². The number of likely N-dealkylation sites (tertiary alicyclic amines) is 1. The van der Waals surface area contributed by atoms with Crippen LogP contribution in [-0.4, -0.2) is 72.7 Å². The van der Waals surface area contributed by atoms with Crippen LogP contribution in [0.2, 0.25) is 0 Å². The monoisotopic (exact) mass is 462 g/mol.